The molecule has 0 atom stereocenters. The molecule has 1 aromatic heterocycles. The van der Waals surface area contributed by atoms with Gasteiger partial charge in [-0.2, -0.15) is 0 Å². The molecule has 2 aromatic carbocycles. The van der Waals surface area contributed by atoms with E-state index in [-0.39, 0.29) is 24.1 Å². The van der Waals surface area contributed by atoms with Crippen LogP contribution in [0.25, 0.3) is 0 Å². The van der Waals surface area contributed by atoms with E-state index < -0.39 is 26.5 Å². The minimum atomic E-state index is -3.84. The summed E-state index contributed by atoms with van der Waals surface area (Å²) in [7, 11) is -3.84. The lowest BCUT2D eigenvalue weighted by molar-refractivity contribution is 0.0914. The van der Waals surface area contributed by atoms with Gasteiger partial charge >= 0.3 is 0 Å². The first-order valence-corrected chi connectivity index (χ1v) is 13.1. The number of sulfone groups is 1. The van der Waals surface area contributed by atoms with Crippen molar-refractivity contribution in [3.8, 4) is 5.75 Å². The molecule has 178 valence electrons. The maximum atomic E-state index is 13.1. The van der Waals surface area contributed by atoms with Crippen LogP contribution in [0.5, 0.6) is 5.75 Å². The molecule has 1 aliphatic rings. The van der Waals surface area contributed by atoms with Crippen LogP contribution in [0.15, 0.2) is 70.6 Å². The van der Waals surface area contributed by atoms with Crippen LogP contribution in [-0.2, 0) is 16.4 Å². The number of rotatable bonds is 7. The van der Waals surface area contributed by atoms with Crippen molar-refractivity contribution in [3.05, 3.63) is 87.8 Å². The molecule has 4 rings (SSSR count). The first-order valence-electron chi connectivity index (χ1n) is 11.2. The van der Waals surface area contributed by atoms with E-state index >= 15 is 0 Å². The molecular formula is C25H27N3O5S. The Morgan fingerprint density at radius 2 is 1.65 bits per heavy atom. The molecule has 1 saturated carbocycles. The van der Waals surface area contributed by atoms with E-state index in [9.17, 15) is 18.0 Å². The Morgan fingerprint density at radius 3 is 2.26 bits per heavy atom. The number of aromatic nitrogens is 2. The summed E-state index contributed by atoms with van der Waals surface area (Å²) in [4.78, 5) is 32.0. The Balaban J connectivity index is 1.52. The average molecular weight is 482 g/mol. The van der Waals surface area contributed by atoms with Gasteiger partial charge in [-0.1, -0.05) is 60.7 Å². The first-order chi connectivity index (χ1) is 16.3. The Morgan fingerprint density at radius 1 is 1.03 bits per heavy atom. The van der Waals surface area contributed by atoms with E-state index in [0.717, 1.165) is 37.5 Å². The number of aromatic amines is 1. The zero-order chi connectivity index (χ0) is 24.1. The number of benzene rings is 2. The molecule has 0 unspecified atom stereocenters. The van der Waals surface area contributed by atoms with E-state index in [1.165, 1.54) is 5.56 Å². The summed E-state index contributed by atoms with van der Waals surface area (Å²) in [5, 5.41) is 2.36. The van der Waals surface area contributed by atoms with Gasteiger partial charge in [0.2, 0.25) is 20.7 Å². The quantitative estimate of drug-likeness (QED) is 0.500. The second-order valence-electron chi connectivity index (χ2n) is 8.53. The van der Waals surface area contributed by atoms with Crippen LogP contribution in [0.1, 0.15) is 53.2 Å². The van der Waals surface area contributed by atoms with Crippen molar-refractivity contribution in [1.82, 2.24) is 15.3 Å². The molecule has 0 aliphatic heterocycles. The van der Waals surface area contributed by atoms with E-state index in [2.05, 4.69) is 27.4 Å². The highest BCUT2D eigenvalue weighted by Gasteiger charge is 2.28. The lowest BCUT2D eigenvalue weighted by Gasteiger charge is -2.29. The smallest absolute Gasteiger partial charge is 0.294 e. The summed E-state index contributed by atoms with van der Waals surface area (Å²) in [6.07, 6.45) is 4.30. The minimum absolute atomic E-state index is 0.0340. The van der Waals surface area contributed by atoms with Gasteiger partial charge in [-0.25, -0.2) is 13.4 Å². The van der Waals surface area contributed by atoms with Gasteiger partial charge in [0.25, 0.3) is 11.5 Å². The number of nitrogens with zero attached hydrogens (tertiary/aromatic N) is 1. The van der Waals surface area contributed by atoms with E-state index in [1.54, 1.807) is 0 Å². The summed E-state index contributed by atoms with van der Waals surface area (Å²) in [6.45, 7) is 0.0340. The van der Waals surface area contributed by atoms with Crippen molar-refractivity contribution in [2.75, 3.05) is 6.26 Å². The van der Waals surface area contributed by atoms with Crippen molar-refractivity contribution >= 4 is 15.7 Å². The summed E-state index contributed by atoms with van der Waals surface area (Å²) in [5.74, 6) is -0.484. The molecule has 1 amide bonds. The summed E-state index contributed by atoms with van der Waals surface area (Å²) in [6, 6.07) is 19.3. The van der Waals surface area contributed by atoms with Crippen molar-refractivity contribution < 1.29 is 17.9 Å². The second kappa shape index (κ2) is 10.2. The Hall–Kier alpha value is -3.46. The lowest BCUT2D eigenvalue weighted by atomic mass is 9.82. The van der Waals surface area contributed by atoms with Crippen LogP contribution in [0.3, 0.4) is 0 Å². The van der Waals surface area contributed by atoms with Crippen LogP contribution in [0.2, 0.25) is 0 Å². The molecule has 8 nitrogen and oxygen atoms in total. The maximum Gasteiger partial charge on any atom is 0.294 e. The molecule has 3 aromatic rings. The average Bonchev–Trinajstić information content (AvgIpc) is 2.84. The predicted molar refractivity (Wildman–Crippen MR) is 128 cm³/mol. The normalized spacial score (nSPS) is 18.3. The topological polar surface area (TPSA) is 118 Å². The number of carbonyl (C=O) groups excluding carboxylic acids is 1. The number of amides is 1. The fourth-order valence-corrected chi connectivity index (χ4v) is 4.72. The molecule has 9 heteroatoms. The van der Waals surface area contributed by atoms with Crippen molar-refractivity contribution in [3.63, 3.8) is 0 Å². The molecule has 0 spiro atoms. The number of nitrogens with one attached hydrogen (secondary N) is 2. The Kier molecular flexibility index (Phi) is 7.12. The molecule has 0 bridgehead atoms. The third-order valence-corrected chi connectivity index (χ3v) is 6.88. The highest BCUT2D eigenvalue weighted by atomic mass is 32.2. The maximum absolute atomic E-state index is 13.1. The van der Waals surface area contributed by atoms with E-state index in [0.29, 0.717) is 5.92 Å². The van der Waals surface area contributed by atoms with Crippen LogP contribution in [0, 0.1) is 0 Å². The van der Waals surface area contributed by atoms with Crippen molar-refractivity contribution in [2.45, 2.75) is 49.4 Å². The second-order valence-corrected chi connectivity index (χ2v) is 10.5. The molecule has 0 saturated heterocycles. The van der Waals surface area contributed by atoms with Gasteiger partial charge in [-0.05, 0) is 42.7 Å². The molecule has 34 heavy (non-hydrogen) atoms. The van der Waals surface area contributed by atoms with Gasteiger partial charge < -0.3 is 10.1 Å². The lowest BCUT2D eigenvalue weighted by Crippen LogP contribution is -2.39. The van der Waals surface area contributed by atoms with Gasteiger partial charge in [0, 0.05) is 12.3 Å². The number of carbonyl (C=O) groups is 1. The monoisotopic (exact) mass is 481 g/mol. The largest absolute Gasteiger partial charge is 0.481 e. The molecule has 0 radical (unpaired) electrons. The predicted octanol–water partition coefficient (Wildman–Crippen LogP) is 3.21. The number of hydrogen-bond acceptors (Lipinski definition) is 6. The van der Waals surface area contributed by atoms with Gasteiger partial charge in [0.05, 0.1) is 0 Å². The number of ether oxygens (including phenoxy) is 1. The van der Waals surface area contributed by atoms with Crippen molar-refractivity contribution in [1.29, 1.82) is 0 Å². The van der Waals surface area contributed by atoms with Crippen LogP contribution >= 0.6 is 0 Å². The Labute approximate surface area is 198 Å². The number of H-pyrrole nitrogens is 1. The summed E-state index contributed by atoms with van der Waals surface area (Å²) < 4.78 is 29.7. The zero-order valence-electron chi connectivity index (χ0n) is 18.9. The van der Waals surface area contributed by atoms with Crippen LogP contribution in [-0.4, -0.2) is 36.6 Å². The SMILES string of the molecule is CS(=O)(=O)c1nc(C(=O)NC2CCC(c3ccccc3)CC2)c(OCc2ccccc2)c(=O)[nH]1. The van der Waals surface area contributed by atoms with Gasteiger partial charge in [0.1, 0.15) is 6.61 Å². The molecular weight excluding hydrogens is 454 g/mol. The number of hydrogen-bond donors (Lipinski definition) is 2. The molecule has 1 fully saturated rings. The van der Waals surface area contributed by atoms with Gasteiger partial charge in [-0.15, -0.1) is 0 Å². The highest BCUT2D eigenvalue weighted by Crippen LogP contribution is 2.32. The van der Waals surface area contributed by atoms with E-state index in [1.807, 2.05) is 48.5 Å². The first kappa shape index (κ1) is 23.7. The van der Waals surface area contributed by atoms with E-state index in [4.69, 9.17) is 4.74 Å². The summed E-state index contributed by atoms with van der Waals surface area (Å²) >= 11 is 0. The van der Waals surface area contributed by atoms with Gasteiger partial charge in [-0.3, -0.25) is 14.6 Å². The van der Waals surface area contributed by atoms with Crippen LogP contribution < -0.4 is 15.6 Å². The highest BCUT2D eigenvalue weighted by molar-refractivity contribution is 7.90. The summed E-state index contributed by atoms with van der Waals surface area (Å²) in [5.41, 5.74) is 0.937. The molecule has 1 heterocycles. The third kappa shape index (κ3) is 5.72. The van der Waals surface area contributed by atoms with Crippen LogP contribution in [0.4, 0.5) is 0 Å². The fraction of sp³-hybridized carbons (Fsp3) is 0.320. The minimum Gasteiger partial charge on any atom is -0.481 e. The van der Waals surface area contributed by atoms with Gasteiger partial charge in [0.15, 0.2) is 5.69 Å². The standard InChI is InChI=1S/C25H27N3O5S/c1-34(31,32)25-27-21(22(24(30)28-25)33-16-17-8-4-2-5-9-17)23(29)26-20-14-12-19(13-15-20)18-10-6-3-7-11-18/h2-11,19-20H,12-16H2,1H3,(H,26,29)(H,27,28,30). The molecule has 1 aliphatic carbocycles. The zero-order valence-corrected chi connectivity index (χ0v) is 19.7. The van der Waals surface area contributed by atoms with Crippen molar-refractivity contribution in [2.24, 2.45) is 0 Å². The third-order valence-electron chi connectivity index (χ3n) is 5.98. The molecule has 2 N–H and O–H groups in total. The Bertz CT molecular complexity index is 1300. The fourth-order valence-electron chi connectivity index (χ4n) is 4.18.